The molecule has 1 N–H and O–H groups in total. The van der Waals surface area contributed by atoms with Crippen LogP contribution in [0.1, 0.15) is 52.8 Å². The Morgan fingerprint density at radius 3 is 2.14 bits per heavy atom. The summed E-state index contributed by atoms with van der Waals surface area (Å²) in [6.07, 6.45) is -0.877. The van der Waals surface area contributed by atoms with Gasteiger partial charge in [0.25, 0.3) is 5.91 Å². The highest BCUT2D eigenvalue weighted by molar-refractivity contribution is 8.19. The van der Waals surface area contributed by atoms with E-state index in [2.05, 4.69) is 19.2 Å². The third kappa shape index (κ3) is 5.32. The van der Waals surface area contributed by atoms with Crippen molar-refractivity contribution in [3.05, 3.63) is 65.2 Å². The first-order valence-corrected chi connectivity index (χ1v) is 11.5. The fourth-order valence-electron chi connectivity index (χ4n) is 2.80. The molecule has 148 valence electrons. The maximum Gasteiger partial charge on any atom is 0.338 e. The Morgan fingerprint density at radius 1 is 0.964 bits per heavy atom. The van der Waals surface area contributed by atoms with Gasteiger partial charge >= 0.3 is 5.97 Å². The summed E-state index contributed by atoms with van der Waals surface area (Å²) in [6, 6.07) is 15.2. The van der Waals surface area contributed by atoms with E-state index in [1.54, 1.807) is 19.1 Å². The predicted octanol–water partition coefficient (Wildman–Crippen LogP) is 5.47. The van der Waals surface area contributed by atoms with Gasteiger partial charge in [0, 0.05) is 17.2 Å². The highest BCUT2D eigenvalue weighted by Gasteiger charge is 2.21. The minimum Gasteiger partial charge on any atom is -0.449 e. The zero-order valence-corrected chi connectivity index (χ0v) is 17.9. The van der Waals surface area contributed by atoms with Crippen molar-refractivity contribution in [3.8, 4) is 0 Å². The van der Waals surface area contributed by atoms with Gasteiger partial charge in [-0.1, -0.05) is 38.1 Å². The minimum absolute atomic E-state index is 0.346. The number of hydrogen-bond donors (Lipinski definition) is 1. The first-order valence-electron chi connectivity index (χ1n) is 9.39. The van der Waals surface area contributed by atoms with Gasteiger partial charge in [-0.2, -0.15) is 0 Å². The molecule has 0 saturated carbocycles. The fourth-order valence-corrected chi connectivity index (χ4v) is 5.66. The van der Waals surface area contributed by atoms with E-state index in [0.29, 0.717) is 21.8 Å². The Labute approximate surface area is 174 Å². The van der Waals surface area contributed by atoms with E-state index in [4.69, 9.17) is 4.74 Å². The van der Waals surface area contributed by atoms with Crippen LogP contribution in [0.2, 0.25) is 0 Å². The quantitative estimate of drug-likeness (QED) is 0.634. The van der Waals surface area contributed by atoms with Crippen LogP contribution in [0, 0.1) is 0 Å². The predicted molar refractivity (Wildman–Crippen MR) is 118 cm³/mol. The number of amides is 1. The Morgan fingerprint density at radius 2 is 1.57 bits per heavy atom. The zero-order valence-electron chi connectivity index (χ0n) is 16.3. The SMILES string of the molecule is CC(C)c1ccc(NC(=O)[C@@H](C)OC(=O)c2ccc(C3SCCS3)cc2)cc1. The normalized spacial score (nSPS) is 15.4. The summed E-state index contributed by atoms with van der Waals surface area (Å²) in [7, 11) is 0. The molecule has 0 unspecified atom stereocenters. The van der Waals surface area contributed by atoms with Gasteiger partial charge < -0.3 is 10.1 Å². The number of ether oxygens (including phenoxy) is 1. The molecule has 0 radical (unpaired) electrons. The van der Waals surface area contributed by atoms with Crippen molar-refractivity contribution in [3.63, 3.8) is 0 Å². The molecular weight excluding hydrogens is 390 g/mol. The number of rotatable bonds is 6. The average molecular weight is 416 g/mol. The van der Waals surface area contributed by atoms with Crippen molar-refractivity contribution in [1.29, 1.82) is 0 Å². The molecule has 1 fully saturated rings. The molecular formula is C22H25NO3S2. The molecule has 2 aromatic carbocycles. The summed E-state index contributed by atoms with van der Waals surface area (Å²) in [5.74, 6) is 1.91. The van der Waals surface area contributed by atoms with E-state index in [1.807, 2.05) is 59.9 Å². The van der Waals surface area contributed by atoms with Crippen LogP contribution in [-0.4, -0.2) is 29.5 Å². The molecule has 1 aliphatic heterocycles. The second-order valence-corrected chi connectivity index (χ2v) is 9.73. The van der Waals surface area contributed by atoms with E-state index in [1.165, 1.54) is 11.1 Å². The van der Waals surface area contributed by atoms with Crippen LogP contribution in [0.25, 0.3) is 0 Å². The lowest BCUT2D eigenvalue weighted by Crippen LogP contribution is -2.30. The van der Waals surface area contributed by atoms with Crippen molar-refractivity contribution in [2.24, 2.45) is 0 Å². The molecule has 1 amide bonds. The molecule has 6 heteroatoms. The van der Waals surface area contributed by atoms with Crippen LogP contribution in [-0.2, 0) is 9.53 Å². The molecule has 3 rings (SSSR count). The molecule has 2 aromatic rings. The Balaban J connectivity index is 1.54. The fraction of sp³-hybridized carbons (Fsp3) is 0.364. The first kappa shape index (κ1) is 20.8. The Bertz CT molecular complexity index is 813. The summed E-state index contributed by atoms with van der Waals surface area (Å²) < 4.78 is 5.78. The first-order chi connectivity index (χ1) is 13.4. The third-order valence-electron chi connectivity index (χ3n) is 4.54. The van der Waals surface area contributed by atoms with Gasteiger partial charge in [0.2, 0.25) is 0 Å². The molecule has 1 aliphatic rings. The maximum absolute atomic E-state index is 12.4. The maximum atomic E-state index is 12.4. The van der Waals surface area contributed by atoms with Gasteiger partial charge in [-0.05, 0) is 48.2 Å². The number of nitrogens with one attached hydrogen (secondary N) is 1. The second-order valence-electron chi connectivity index (χ2n) is 7.01. The molecule has 0 aliphatic carbocycles. The van der Waals surface area contributed by atoms with E-state index >= 15 is 0 Å². The van der Waals surface area contributed by atoms with E-state index < -0.39 is 12.1 Å². The number of benzene rings is 2. The lowest BCUT2D eigenvalue weighted by atomic mass is 10.0. The van der Waals surface area contributed by atoms with Crippen LogP contribution < -0.4 is 5.32 Å². The summed E-state index contributed by atoms with van der Waals surface area (Å²) in [4.78, 5) is 24.7. The van der Waals surface area contributed by atoms with Crippen LogP contribution in [0.15, 0.2) is 48.5 Å². The van der Waals surface area contributed by atoms with Crippen molar-refractivity contribution < 1.29 is 14.3 Å². The summed E-state index contributed by atoms with van der Waals surface area (Å²) in [5, 5.41) is 2.79. The number of carbonyl (C=O) groups is 2. The van der Waals surface area contributed by atoms with Gasteiger partial charge in [-0.15, -0.1) is 23.5 Å². The van der Waals surface area contributed by atoms with Crippen molar-refractivity contribution >= 4 is 41.1 Å². The molecule has 1 saturated heterocycles. The van der Waals surface area contributed by atoms with Gasteiger partial charge in [0.05, 0.1) is 10.1 Å². The molecule has 1 atom stereocenters. The Kier molecular flexibility index (Phi) is 7.08. The highest BCUT2D eigenvalue weighted by atomic mass is 32.2. The highest BCUT2D eigenvalue weighted by Crippen LogP contribution is 2.45. The van der Waals surface area contributed by atoms with Gasteiger partial charge in [-0.3, -0.25) is 4.79 Å². The van der Waals surface area contributed by atoms with Crippen molar-refractivity contribution in [1.82, 2.24) is 0 Å². The monoisotopic (exact) mass is 415 g/mol. The van der Waals surface area contributed by atoms with Crippen molar-refractivity contribution in [2.45, 2.75) is 37.4 Å². The second kappa shape index (κ2) is 9.52. The molecule has 4 nitrogen and oxygen atoms in total. The molecule has 28 heavy (non-hydrogen) atoms. The van der Waals surface area contributed by atoms with Crippen LogP contribution in [0.4, 0.5) is 5.69 Å². The molecule has 0 bridgehead atoms. The summed E-state index contributed by atoms with van der Waals surface area (Å²) in [6.45, 7) is 5.82. The number of anilines is 1. The summed E-state index contributed by atoms with van der Waals surface area (Å²) >= 11 is 3.84. The van der Waals surface area contributed by atoms with Gasteiger partial charge in [0.1, 0.15) is 0 Å². The zero-order chi connectivity index (χ0) is 20.1. The number of esters is 1. The molecule has 0 spiro atoms. The van der Waals surface area contributed by atoms with E-state index in [0.717, 1.165) is 11.5 Å². The van der Waals surface area contributed by atoms with Crippen LogP contribution in [0.3, 0.4) is 0 Å². The van der Waals surface area contributed by atoms with Crippen molar-refractivity contribution in [2.75, 3.05) is 16.8 Å². The van der Waals surface area contributed by atoms with Crippen LogP contribution in [0.5, 0.6) is 0 Å². The topological polar surface area (TPSA) is 55.4 Å². The molecule has 0 aromatic heterocycles. The summed E-state index contributed by atoms with van der Waals surface area (Å²) in [5.41, 5.74) is 3.56. The van der Waals surface area contributed by atoms with E-state index in [9.17, 15) is 9.59 Å². The number of carbonyl (C=O) groups excluding carboxylic acids is 2. The smallest absolute Gasteiger partial charge is 0.338 e. The number of thioether (sulfide) groups is 2. The standard InChI is InChI=1S/C22H25NO3S2/c1-14(2)16-8-10-19(11-9-16)23-20(24)15(3)26-21(25)17-4-6-18(7-5-17)22-27-12-13-28-22/h4-11,14-15,22H,12-13H2,1-3H3,(H,23,24)/t15-/m1/s1. The lowest BCUT2D eigenvalue weighted by Gasteiger charge is -2.15. The Hall–Kier alpha value is -1.92. The lowest BCUT2D eigenvalue weighted by molar-refractivity contribution is -0.123. The average Bonchev–Trinajstić information content (AvgIpc) is 3.23. The molecule has 1 heterocycles. The van der Waals surface area contributed by atoms with E-state index in [-0.39, 0.29) is 5.91 Å². The largest absolute Gasteiger partial charge is 0.449 e. The van der Waals surface area contributed by atoms with Crippen LogP contribution >= 0.6 is 23.5 Å². The number of hydrogen-bond acceptors (Lipinski definition) is 5. The van der Waals surface area contributed by atoms with Gasteiger partial charge in [-0.25, -0.2) is 4.79 Å². The third-order valence-corrected chi connectivity index (χ3v) is 7.64. The minimum atomic E-state index is -0.877. The van der Waals surface area contributed by atoms with Gasteiger partial charge in [0.15, 0.2) is 6.10 Å².